The van der Waals surface area contributed by atoms with Gasteiger partial charge in [-0.1, -0.05) is 49.0 Å². The quantitative estimate of drug-likeness (QED) is 0.242. The summed E-state index contributed by atoms with van der Waals surface area (Å²) in [6, 6.07) is 15.3. The molecule has 2 heterocycles. The van der Waals surface area contributed by atoms with E-state index in [-0.39, 0.29) is 17.5 Å². The molecule has 0 N–H and O–H groups in total. The third-order valence-electron chi connectivity index (χ3n) is 5.30. The molecule has 1 amide bonds. The summed E-state index contributed by atoms with van der Waals surface area (Å²) in [4.78, 5) is 36.7. The zero-order chi connectivity index (χ0) is 23.5. The Kier molecular flexibility index (Phi) is 6.95. The molecule has 0 aliphatic rings. The van der Waals surface area contributed by atoms with Gasteiger partial charge in [-0.25, -0.2) is 9.97 Å². The van der Waals surface area contributed by atoms with Gasteiger partial charge < -0.3 is 0 Å². The average Bonchev–Trinajstić information content (AvgIpc) is 3.26. The number of fused-ring (bicyclic) bond motifs is 1. The molecule has 0 bridgehead atoms. The van der Waals surface area contributed by atoms with Crippen molar-refractivity contribution in [3.63, 3.8) is 0 Å². The van der Waals surface area contributed by atoms with Crippen molar-refractivity contribution >= 4 is 50.7 Å². The Balaban J connectivity index is 1.63. The van der Waals surface area contributed by atoms with Crippen molar-refractivity contribution < 1.29 is 4.79 Å². The van der Waals surface area contributed by atoms with Gasteiger partial charge in [0.2, 0.25) is 5.91 Å². The van der Waals surface area contributed by atoms with Gasteiger partial charge in [0.05, 0.1) is 22.3 Å². The summed E-state index contributed by atoms with van der Waals surface area (Å²) < 4.78 is 1.74. The van der Waals surface area contributed by atoms with Crippen LogP contribution < -0.4 is 10.5 Å². The largest absolute Gasteiger partial charge is 0.285 e. The van der Waals surface area contributed by atoms with E-state index in [2.05, 4.69) is 6.92 Å². The number of aromatic nitrogens is 3. The topological polar surface area (TPSA) is 68.1 Å². The number of benzene rings is 2. The molecule has 4 rings (SSSR count). The van der Waals surface area contributed by atoms with Gasteiger partial charge in [-0.05, 0) is 44.0 Å². The number of nitrogens with zero attached hydrogens (tertiary/aromatic N) is 4. The third kappa shape index (κ3) is 4.72. The fraction of sp³-hybridized carbons (Fsp3) is 0.280. The summed E-state index contributed by atoms with van der Waals surface area (Å²) in [5, 5.41) is 3.90. The van der Waals surface area contributed by atoms with E-state index in [1.165, 1.54) is 23.1 Å². The van der Waals surface area contributed by atoms with Crippen molar-refractivity contribution in [2.24, 2.45) is 0 Å². The number of aryl methyl sites for hydroxylation is 1. The van der Waals surface area contributed by atoms with Crippen LogP contribution in [0.5, 0.6) is 0 Å². The van der Waals surface area contributed by atoms with Crippen molar-refractivity contribution in [2.75, 3.05) is 4.90 Å². The molecule has 8 heteroatoms. The van der Waals surface area contributed by atoms with Crippen LogP contribution in [0.1, 0.15) is 45.0 Å². The lowest BCUT2D eigenvalue weighted by Gasteiger charge is -2.21. The van der Waals surface area contributed by atoms with Gasteiger partial charge >= 0.3 is 0 Å². The van der Waals surface area contributed by atoms with Gasteiger partial charge in [-0.15, -0.1) is 11.3 Å². The lowest BCUT2D eigenvalue weighted by Crippen LogP contribution is -2.25. The first kappa shape index (κ1) is 23.2. The minimum Gasteiger partial charge on any atom is -0.285 e. The van der Waals surface area contributed by atoms with Crippen LogP contribution in [-0.4, -0.2) is 20.4 Å². The number of amides is 1. The van der Waals surface area contributed by atoms with Crippen LogP contribution in [0.4, 0.5) is 10.8 Å². The van der Waals surface area contributed by atoms with E-state index in [1.54, 1.807) is 16.4 Å². The maximum absolute atomic E-state index is 13.0. The predicted octanol–water partition coefficient (Wildman–Crippen LogP) is 5.97. The maximum atomic E-state index is 13.0. The molecule has 0 fully saturated rings. The number of hydrogen-bond acceptors (Lipinski definition) is 6. The summed E-state index contributed by atoms with van der Waals surface area (Å²) in [7, 11) is 0. The van der Waals surface area contributed by atoms with Crippen molar-refractivity contribution in [2.45, 2.75) is 51.1 Å². The van der Waals surface area contributed by atoms with Crippen molar-refractivity contribution in [3.05, 3.63) is 75.5 Å². The fourth-order valence-corrected chi connectivity index (χ4v) is 5.73. The summed E-state index contributed by atoms with van der Waals surface area (Å²) in [6.07, 6.45) is 0.828. The van der Waals surface area contributed by atoms with E-state index < -0.39 is 0 Å². The highest BCUT2D eigenvalue weighted by atomic mass is 32.2. The summed E-state index contributed by atoms with van der Waals surface area (Å²) in [5.41, 5.74) is 3.47. The fourth-order valence-electron chi connectivity index (χ4n) is 3.72. The Bertz CT molecular complexity index is 1360. The molecule has 0 radical (unpaired) electrons. The first-order chi connectivity index (χ1) is 15.9. The van der Waals surface area contributed by atoms with Crippen LogP contribution in [-0.2, 0) is 17.0 Å². The van der Waals surface area contributed by atoms with E-state index in [0.717, 1.165) is 23.4 Å². The molecule has 2 aromatic heterocycles. The SMILES string of the molecule is CCc1ccccc1N(C(C)=O)c1nc(CSc2nc3ccccc3c(=O)n2C(C)C)cs1. The predicted molar refractivity (Wildman–Crippen MR) is 137 cm³/mol. The molecule has 0 saturated carbocycles. The molecule has 0 unspecified atom stereocenters. The van der Waals surface area contributed by atoms with Gasteiger partial charge in [-0.3, -0.25) is 19.1 Å². The number of anilines is 2. The number of para-hydroxylation sites is 2. The number of rotatable bonds is 7. The second-order valence-corrected chi connectivity index (χ2v) is 9.71. The highest BCUT2D eigenvalue weighted by molar-refractivity contribution is 7.98. The molecular formula is C25H26N4O2S2. The monoisotopic (exact) mass is 478 g/mol. The summed E-state index contributed by atoms with van der Waals surface area (Å²) in [5.74, 6) is 0.476. The van der Waals surface area contributed by atoms with Crippen LogP contribution >= 0.6 is 23.1 Å². The van der Waals surface area contributed by atoms with Crippen molar-refractivity contribution in [3.8, 4) is 0 Å². The van der Waals surface area contributed by atoms with Crippen LogP contribution in [0.15, 0.2) is 63.9 Å². The number of carbonyl (C=O) groups excluding carboxylic acids is 1. The Morgan fingerprint density at radius 1 is 1.12 bits per heavy atom. The zero-order valence-corrected chi connectivity index (χ0v) is 20.7. The first-order valence-corrected chi connectivity index (χ1v) is 12.7. The van der Waals surface area contributed by atoms with Crippen LogP contribution in [0.25, 0.3) is 10.9 Å². The number of carbonyl (C=O) groups is 1. The Labute approximate surface area is 201 Å². The highest BCUT2D eigenvalue weighted by Crippen LogP contribution is 2.33. The van der Waals surface area contributed by atoms with Crippen molar-refractivity contribution in [1.82, 2.24) is 14.5 Å². The maximum Gasteiger partial charge on any atom is 0.262 e. The smallest absolute Gasteiger partial charge is 0.262 e. The lowest BCUT2D eigenvalue weighted by atomic mass is 10.1. The average molecular weight is 479 g/mol. The number of thiazole rings is 1. The molecule has 2 aromatic carbocycles. The lowest BCUT2D eigenvalue weighted by molar-refractivity contribution is -0.115. The molecule has 6 nitrogen and oxygen atoms in total. The van der Waals surface area contributed by atoms with Gasteiger partial charge in [0.1, 0.15) is 0 Å². The van der Waals surface area contributed by atoms with Gasteiger partial charge in [0.25, 0.3) is 5.56 Å². The molecule has 0 aliphatic carbocycles. The highest BCUT2D eigenvalue weighted by Gasteiger charge is 2.21. The second-order valence-electron chi connectivity index (χ2n) is 7.93. The molecular weight excluding hydrogens is 452 g/mol. The Hall–Kier alpha value is -2.97. The molecule has 4 aromatic rings. The minimum absolute atomic E-state index is 0.0122. The van der Waals surface area contributed by atoms with Crippen LogP contribution in [0, 0.1) is 0 Å². The number of hydrogen-bond donors (Lipinski definition) is 0. The zero-order valence-electron chi connectivity index (χ0n) is 19.1. The molecule has 0 aliphatic heterocycles. The van der Waals surface area contributed by atoms with E-state index in [4.69, 9.17) is 9.97 Å². The minimum atomic E-state index is -0.0747. The normalized spacial score (nSPS) is 11.3. The van der Waals surface area contributed by atoms with Crippen LogP contribution in [0.3, 0.4) is 0 Å². The Morgan fingerprint density at radius 3 is 2.58 bits per heavy atom. The molecule has 0 atom stereocenters. The summed E-state index contributed by atoms with van der Waals surface area (Å²) in [6.45, 7) is 7.60. The Morgan fingerprint density at radius 2 is 1.85 bits per heavy atom. The van der Waals surface area contributed by atoms with E-state index in [9.17, 15) is 9.59 Å². The first-order valence-electron chi connectivity index (χ1n) is 10.9. The van der Waals surface area contributed by atoms with E-state index >= 15 is 0 Å². The van der Waals surface area contributed by atoms with Crippen LogP contribution in [0.2, 0.25) is 0 Å². The van der Waals surface area contributed by atoms with Crippen molar-refractivity contribution in [1.29, 1.82) is 0 Å². The molecule has 0 spiro atoms. The van der Waals surface area contributed by atoms with Gasteiger partial charge in [0.15, 0.2) is 10.3 Å². The standard InChI is InChI=1S/C25H26N4O2S2/c1-5-18-10-6-9-13-22(18)29(17(4)30)24-26-19(14-32-24)15-33-25-27-21-12-8-7-11-20(21)23(31)28(25)16(2)3/h6-14,16H,5,15H2,1-4H3. The third-order valence-corrected chi connectivity index (χ3v) is 7.16. The molecule has 170 valence electrons. The van der Waals surface area contributed by atoms with Gasteiger partial charge in [-0.2, -0.15) is 0 Å². The van der Waals surface area contributed by atoms with Gasteiger partial charge in [0, 0.05) is 24.1 Å². The number of thioether (sulfide) groups is 1. The molecule has 0 saturated heterocycles. The molecule has 33 heavy (non-hydrogen) atoms. The summed E-state index contributed by atoms with van der Waals surface area (Å²) >= 11 is 2.93. The second kappa shape index (κ2) is 9.89. The van der Waals surface area contributed by atoms with E-state index in [1.807, 2.05) is 67.8 Å². The van der Waals surface area contributed by atoms with E-state index in [0.29, 0.717) is 26.9 Å².